The fraction of sp³-hybridized carbons (Fsp3) is 0.462. The minimum absolute atomic E-state index is 0. The standard InChI is InChI=1S/C13H17ClN2O.ClH/c1-9-5-6-10(14)8-12(9)16-13(17)11-4-2-3-7-15-11;/h5-6,8,11,15H,2-4,7H2,1H3,(H,16,17);1H. The lowest BCUT2D eigenvalue weighted by atomic mass is 10.0. The van der Waals surface area contributed by atoms with E-state index >= 15 is 0 Å². The van der Waals surface area contributed by atoms with Crippen LogP contribution in [-0.2, 0) is 4.79 Å². The average molecular weight is 289 g/mol. The number of halogens is 2. The van der Waals surface area contributed by atoms with E-state index in [0.717, 1.165) is 37.1 Å². The molecule has 1 heterocycles. The molecule has 5 heteroatoms. The van der Waals surface area contributed by atoms with Crippen molar-refractivity contribution in [2.45, 2.75) is 32.2 Å². The zero-order valence-electron chi connectivity index (χ0n) is 10.3. The Balaban J connectivity index is 0.00000162. The van der Waals surface area contributed by atoms with E-state index in [2.05, 4.69) is 10.6 Å². The lowest BCUT2D eigenvalue weighted by Gasteiger charge is -2.23. The SMILES string of the molecule is Cc1ccc(Cl)cc1NC(=O)C1CCCCN1.Cl. The molecular weight excluding hydrogens is 271 g/mol. The third kappa shape index (κ3) is 3.87. The first-order chi connectivity index (χ1) is 8.16. The number of hydrogen-bond acceptors (Lipinski definition) is 2. The summed E-state index contributed by atoms with van der Waals surface area (Å²) in [4.78, 5) is 12.0. The van der Waals surface area contributed by atoms with Gasteiger partial charge in [0.15, 0.2) is 0 Å². The normalized spacial score (nSPS) is 18.9. The number of rotatable bonds is 2. The molecule has 1 amide bonds. The number of hydrogen-bond donors (Lipinski definition) is 2. The molecule has 1 atom stereocenters. The number of anilines is 1. The molecule has 3 nitrogen and oxygen atoms in total. The topological polar surface area (TPSA) is 41.1 Å². The number of benzene rings is 1. The van der Waals surface area contributed by atoms with Gasteiger partial charge in [-0.05, 0) is 44.0 Å². The van der Waals surface area contributed by atoms with E-state index in [0.29, 0.717) is 5.02 Å². The predicted octanol–water partition coefficient (Wildman–Crippen LogP) is 3.15. The third-order valence-corrected chi connectivity index (χ3v) is 3.32. The predicted molar refractivity (Wildman–Crippen MR) is 77.7 cm³/mol. The smallest absolute Gasteiger partial charge is 0.241 e. The maximum Gasteiger partial charge on any atom is 0.241 e. The van der Waals surface area contributed by atoms with Crippen molar-refractivity contribution in [1.29, 1.82) is 0 Å². The van der Waals surface area contributed by atoms with Gasteiger partial charge in [0.2, 0.25) is 5.91 Å². The van der Waals surface area contributed by atoms with Crippen molar-refractivity contribution in [3.63, 3.8) is 0 Å². The van der Waals surface area contributed by atoms with Crippen LogP contribution in [0, 0.1) is 6.92 Å². The van der Waals surface area contributed by atoms with E-state index in [-0.39, 0.29) is 24.4 Å². The van der Waals surface area contributed by atoms with E-state index in [1.807, 2.05) is 19.1 Å². The third-order valence-electron chi connectivity index (χ3n) is 3.08. The molecule has 0 saturated carbocycles. The highest BCUT2D eigenvalue weighted by Crippen LogP contribution is 2.21. The molecule has 0 spiro atoms. The lowest BCUT2D eigenvalue weighted by molar-refractivity contribution is -0.118. The summed E-state index contributed by atoms with van der Waals surface area (Å²) in [6.45, 7) is 2.88. The summed E-state index contributed by atoms with van der Waals surface area (Å²) in [5, 5.41) is 6.80. The first-order valence-corrected chi connectivity index (χ1v) is 6.35. The number of carbonyl (C=O) groups excluding carboxylic acids is 1. The maximum absolute atomic E-state index is 12.0. The van der Waals surface area contributed by atoms with E-state index in [1.54, 1.807) is 6.07 Å². The monoisotopic (exact) mass is 288 g/mol. The van der Waals surface area contributed by atoms with E-state index in [9.17, 15) is 4.79 Å². The molecule has 2 rings (SSSR count). The summed E-state index contributed by atoms with van der Waals surface area (Å²) < 4.78 is 0. The molecule has 2 N–H and O–H groups in total. The van der Waals surface area contributed by atoms with Crippen molar-refractivity contribution in [3.05, 3.63) is 28.8 Å². The highest BCUT2D eigenvalue weighted by atomic mass is 35.5. The van der Waals surface area contributed by atoms with Gasteiger partial charge in [0, 0.05) is 10.7 Å². The van der Waals surface area contributed by atoms with Gasteiger partial charge < -0.3 is 10.6 Å². The fourth-order valence-corrected chi connectivity index (χ4v) is 2.20. The number of piperidine rings is 1. The van der Waals surface area contributed by atoms with Gasteiger partial charge in [-0.1, -0.05) is 24.1 Å². The highest BCUT2D eigenvalue weighted by Gasteiger charge is 2.20. The highest BCUT2D eigenvalue weighted by molar-refractivity contribution is 6.31. The van der Waals surface area contributed by atoms with Crippen molar-refractivity contribution >= 4 is 35.6 Å². The minimum Gasteiger partial charge on any atom is -0.324 e. The summed E-state index contributed by atoms with van der Waals surface area (Å²) in [5.41, 5.74) is 1.83. The zero-order valence-corrected chi connectivity index (χ0v) is 11.9. The second kappa shape index (κ2) is 6.98. The summed E-state index contributed by atoms with van der Waals surface area (Å²) in [7, 11) is 0. The Morgan fingerprint density at radius 3 is 2.89 bits per heavy atom. The van der Waals surface area contributed by atoms with Crippen LogP contribution < -0.4 is 10.6 Å². The van der Waals surface area contributed by atoms with Gasteiger partial charge in [-0.3, -0.25) is 4.79 Å². The zero-order chi connectivity index (χ0) is 12.3. The van der Waals surface area contributed by atoms with E-state index in [4.69, 9.17) is 11.6 Å². The first-order valence-electron chi connectivity index (χ1n) is 5.97. The van der Waals surface area contributed by atoms with Gasteiger partial charge >= 0.3 is 0 Å². The van der Waals surface area contributed by atoms with Crippen LogP contribution in [-0.4, -0.2) is 18.5 Å². The van der Waals surface area contributed by atoms with Crippen molar-refractivity contribution in [2.75, 3.05) is 11.9 Å². The minimum atomic E-state index is -0.0675. The molecule has 0 aliphatic carbocycles. The number of nitrogens with one attached hydrogen (secondary N) is 2. The number of aryl methyl sites for hydroxylation is 1. The average Bonchev–Trinajstić information content (AvgIpc) is 2.35. The molecule has 0 radical (unpaired) electrons. The van der Waals surface area contributed by atoms with Gasteiger partial charge in [0.05, 0.1) is 6.04 Å². The lowest BCUT2D eigenvalue weighted by Crippen LogP contribution is -2.43. The van der Waals surface area contributed by atoms with Crippen LogP contribution in [0.3, 0.4) is 0 Å². The second-order valence-electron chi connectivity index (χ2n) is 4.45. The van der Waals surface area contributed by atoms with Gasteiger partial charge in [0.25, 0.3) is 0 Å². The second-order valence-corrected chi connectivity index (χ2v) is 4.89. The number of carbonyl (C=O) groups is 1. The Morgan fingerprint density at radius 2 is 2.22 bits per heavy atom. The number of amides is 1. The van der Waals surface area contributed by atoms with Crippen molar-refractivity contribution in [1.82, 2.24) is 5.32 Å². The van der Waals surface area contributed by atoms with Gasteiger partial charge in [-0.15, -0.1) is 12.4 Å². The Labute approximate surface area is 119 Å². The van der Waals surface area contributed by atoms with Crippen LogP contribution in [0.4, 0.5) is 5.69 Å². The van der Waals surface area contributed by atoms with Crippen LogP contribution in [0.1, 0.15) is 24.8 Å². The summed E-state index contributed by atoms with van der Waals surface area (Å²) >= 11 is 5.92. The van der Waals surface area contributed by atoms with Crippen LogP contribution in [0.15, 0.2) is 18.2 Å². The van der Waals surface area contributed by atoms with Crippen molar-refractivity contribution in [2.24, 2.45) is 0 Å². The molecule has 1 aliphatic rings. The van der Waals surface area contributed by atoms with Crippen LogP contribution in [0.25, 0.3) is 0 Å². The van der Waals surface area contributed by atoms with Crippen LogP contribution in [0.2, 0.25) is 5.02 Å². The summed E-state index contributed by atoms with van der Waals surface area (Å²) in [6.07, 6.45) is 3.17. The molecule has 0 bridgehead atoms. The molecular formula is C13H18Cl2N2O. The van der Waals surface area contributed by atoms with Crippen LogP contribution >= 0.6 is 24.0 Å². The van der Waals surface area contributed by atoms with E-state index < -0.39 is 0 Å². The molecule has 1 unspecified atom stereocenters. The van der Waals surface area contributed by atoms with Gasteiger partial charge in [-0.2, -0.15) is 0 Å². The molecule has 1 aromatic rings. The van der Waals surface area contributed by atoms with Gasteiger partial charge in [-0.25, -0.2) is 0 Å². The molecule has 1 saturated heterocycles. The van der Waals surface area contributed by atoms with Gasteiger partial charge in [0.1, 0.15) is 0 Å². The maximum atomic E-state index is 12.0. The van der Waals surface area contributed by atoms with Crippen molar-refractivity contribution < 1.29 is 4.79 Å². The molecule has 0 aromatic heterocycles. The Kier molecular flexibility index (Phi) is 5.93. The molecule has 1 aliphatic heterocycles. The fourth-order valence-electron chi connectivity index (χ4n) is 2.02. The molecule has 1 aromatic carbocycles. The van der Waals surface area contributed by atoms with Crippen LogP contribution in [0.5, 0.6) is 0 Å². The molecule has 18 heavy (non-hydrogen) atoms. The first kappa shape index (κ1) is 15.3. The Hall–Kier alpha value is -0.770. The quantitative estimate of drug-likeness (QED) is 0.878. The molecule has 100 valence electrons. The molecule has 1 fully saturated rings. The Bertz CT molecular complexity index is 417. The van der Waals surface area contributed by atoms with E-state index in [1.165, 1.54) is 0 Å². The van der Waals surface area contributed by atoms with Crippen molar-refractivity contribution in [3.8, 4) is 0 Å². The summed E-state index contributed by atoms with van der Waals surface area (Å²) in [6, 6.07) is 5.46. The largest absolute Gasteiger partial charge is 0.324 e. The summed E-state index contributed by atoms with van der Waals surface area (Å²) in [5.74, 6) is 0.0371. The Morgan fingerprint density at radius 1 is 1.44 bits per heavy atom.